The second kappa shape index (κ2) is 13.1. The molecule has 4 rings (SSSR count). The quantitative estimate of drug-likeness (QED) is 0.347. The number of rotatable bonds is 11. The van der Waals surface area contributed by atoms with Gasteiger partial charge in [0.05, 0.1) is 10.6 Å². The van der Waals surface area contributed by atoms with Crippen LogP contribution in [0, 0.1) is 6.92 Å². The number of sulfonamides is 1. The molecule has 3 aromatic carbocycles. The lowest BCUT2D eigenvalue weighted by atomic mass is 10.1. The molecule has 8 heteroatoms. The van der Waals surface area contributed by atoms with Crippen LogP contribution in [0.3, 0.4) is 0 Å². The maximum atomic E-state index is 14.0. The van der Waals surface area contributed by atoms with Crippen molar-refractivity contribution < 1.29 is 18.0 Å². The van der Waals surface area contributed by atoms with Crippen LogP contribution in [0.5, 0.6) is 0 Å². The zero-order chi connectivity index (χ0) is 28.7. The number of carbonyl (C=O) groups excluding carboxylic acids is 2. The van der Waals surface area contributed by atoms with E-state index in [0.717, 1.165) is 53.1 Å². The first-order chi connectivity index (χ1) is 19.2. The molecule has 0 spiro atoms. The Morgan fingerprint density at radius 2 is 1.60 bits per heavy atom. The molecule has 0 radical (unpaired) electrons. The maximum Gasteiger partial charge on any atom is 0.264 e. The van der Waals surface area contributed by atoms with Crippen molar-refractivity contribution in [1.29, 1.82) is 0 Å². The van der Waals surface area contributed by atoms with Gasteiger partial charge in [-0.1, -0.05) is 79.9 Å². The van der Waals surface area contributed by atoms with Crippen LogP contribution >= 0.6 is 0 Å². The van der Waals surface area contributed by atoms with Crippen LogP contribution in [0.25, 0.3) is 0 Å². The number of nitrogens with zero attached hydrogens (tertiary/aromatic N) is 2. The van der Waals surface area contributed by atoms with Crippen LogP contribution < -0.4 is 9.62 Å². The molecule has 1 saturated carbocycles. The second-order valence-electron chi connectivity index (χ2n) is 10.5. The molecule has 3 aromatic rings. The number of amides is 2. The third-order valence-corrected chi connectivity index (χ3v) is 9.33. The fraction of sp³-hybridized carbons (Fsp3) is 0.375. The normalized spacial score (nSPS) is 14.5. The summed E-state index contributed by atoms with van der Waals surface area (Å²) in [5, 5.41) is 3.10. The molecule has 0 bridgehead atoms. The fourth-order valence-electron chi connectivity index (χ4n) is 5.13. The summed E-state index contributed by atoms with van der Waals surface area (Å²) >= 11 is 0. The van der Waals surface area contributed by atoms with Crippen LogP contribution in [-0.4, -0.2) is 43.8 Å². The monoisotopic (exact) mass is 561 g/mol. The predicted molar refractivity (Wildman–Crippen MR) is 158 cm³/mol. The zero-order valence-electron chi connectivity index (χ0n) is 23.5. The van der Waals surface area contributed by atoms with Crippen molar-refractivity contribution in [3.8, 4) is 0 Å². The van der Waals surface area contributed by atoms with Gasteiger partial charge in [0, 0.05) is 12.6 Å². The van der Waals surface area contributed by atoms with Crippen LogP contribution in [0.1, 0.15) is 56.2 Å². The Morgan fingerprint density at radius 3 is 2.23 bits per heavy atom. The van der Waals surface area contributed by atoms with Crippen LogP contribution in [0.2, 0.25) is 0 Å². The van der Waals surface area contributed by atoms with Crippen molar-refractivity contribution in [3.05, 3.63) is 95.6 Å². The number of benzene rings is 3. The summed E-state index contributed by atoms with van der Waals surface area (Å²) in [5.41, 5.74) is 3.37. The average Bonchev–Trinajstić information content (AvgIpc) is 3.47. The van der Waals surface area contributed by atoms with E-state index in [9.17, 15) is 18.0 Å². The molecule has 7 nitrogen and oxygen atoms in total. The molecule has 1 fully saturated rings. The first-order valence-electron chi connectivity index (χ1n) is 14.0. The Morgan fingerprint density at radius 1 is 0.925 bits per heavy atom. The molecule has 40 heavy (non-hydrogen) atoms. The summed E-state index contributed by atoms with van der Waals surface area (Å²) in [7, 11) is -4.06. The third-order valence-electron chi connectivity index (χ3n) is 7.55. The highest BCUT2D eigenvalue weighted by Crippen LogP contribution is 2.25. The molecule has 212 valence electrons. The summed E-state index contributed by atoms with van der Waals surface area (Å²) in [6.45, 7) is 5.46. The molecule has 0 aliphatic heterocycles. The van der Waals surface area contributed by atoms with Gasteiger partial charge in [-0.05, 0) is 68.5 Å². The Labute approximate surface area is 238 Å². The molecule has 1 N–H and O–H groups in total. The van der Waals surface area contributed by atoms with Gasteiger partial charge < -0.3 is 10.2 Å². The summed E-state index contributed by atoms with van der Waals surface area (Å²) in [6, 6.07) is 22.4. The smallest absolute Gasteiger partial charge is 0.264 e. The lowest BCUT2D eigenvalue weighted by molar-refractivity contribution is -0.139. The molecule has 1 atom stereocenters. The van der Waals surface area contributed by atoms with Gasteiger partial charge in [0.2, 0.25) is 11.8 Å². The fourth-order valence-corrected chi connectivity index (χ4v) is 6.56. The Bertz CT molecular complexity index is 1400. The van der Waals surface area contributed by atoms with Crippen molar-refractivity contribution in [3.63, 3.8) is 0 Å². The molecular weight excluding hydrogens is 522 g/mol. The topological polar surface area (TPSA) is 86.8 Å². The highest BCUT2D eigenvalue weighted by molar-refractivity contribution is 7.92. The summed E-state index contributed by atoms with van der Waals surface area (Å²) < 4.78 is 28.9. The maximum absolute atomic E-state index is 14.0. The van der Waals surface area contributed by atoms with E-state index in [1.807, 2.05) is 50.2 Å². The predicted octanol–water partition coefficient (Wildman–Crippen LogP) is 5.23. The zero-order valence-corrected chi connectivity index (χ0v) is 24.4. The Hall–Kier alpha value is -3.65. The average molecular weight is 562 g/mol. The van der Waals surface area contributed by atoms with E-state index in [0.29, 0.717) is 5.69 Å². The van der Waals surface area contributed by atoms with Crippen LogP contribution in [0.4, 0.5) is 5.69 Å². The van der Waals surface area contributed by atoms with E-state index in [1.54, 1.807) is 37.3 Å². The molecule has 0 unspecified atom stereocenters. The van der Waals surface area contributed by atoms with Gasteiger partial charge in [0.25, 0.3) is 10.0 Å². The van der Waals surface area contributed by atoms with Crippen molar-refractivity contribution >= 4 is 27.5 Å². The minimum Gasteiger partial charge on any atom is -0.352 e. The molecule has 2 amide bonds. The number of anilines is 1. The van der Waals surface area contributed by atoms with Crippen LogP contribution in [-0.2, 0) is 32.6 Å². The molecule has 0 aromatic heterocycles. The van der Waals surface area contributed by atoms with Crippen molar-refractivity contribution in [2.45, 2.75) is 76.4 Å². The van der Waals surface area contributed by atoms with Gasteiger partial charge >= 0.3 is 0 Å². The number of nitrogens with one attached hydrogen (secondary N) is 1. The number of aryl methyl sites for hydroxylation is 2. The summed E-state index contributed by atoms with van der Waals surface area (Å²) in [6.07, 6.45) is 4.83. The number of hydrogen-bond acceptors (Lipinski definition) is 4. The summed E-state index contributed by atoms with van der Waals surface area (Å²) in [4.78, 5) is 28.9. The lowest BCUT2D eigenvalue weighted by Crippen LogP contribution is -2.52. The van der Waals surface area contributed by atoms with Gasteiger partial charge in [-0.3, -0.25) is 13.9 Å². The lowest BCUT2D eigenvalue weighted by Gasteiger charge is -2.32. The number of carbonyl (C=O) groups is 2. The summed E-state index contributed by atoms with van der Waals surface area (Å²) in [5.74, 6) is -0.674. The minimum absolute atomic E-state index is 0.0969. The van der Waals surface area contributed by atoms with Gasteiger partial charge in [-0.15, -0.1) is 0 Å². The first kappa shape index (κ1) is 29.3. The van der Waals surface area contributed by atoms with Gasteiger partial charge in [-0.2, -0.15) is 0 Å². The van der Waals surface area contributed by atoms with Gasteiger partial charge in [0.15, 0.2) is 0 Å². The molecule has 1 aliphatic carbocycles. The van der Waals surface area contributed by atoms with E-state index >= 15 is 0 Å². The Kier molecular flexibility index (Phi) is 9.63. The molecule has 0 saturated heterocycles. The van der Waals surface area contributed by atoms with Crippen LogP contribution in [0.15, 0.2) is 83.8 Å². The van der Waals surface area contributed by atoms with Gasteiger partial charge in [0.1, 0.15) is 12.6 Å². The largest absolute Gasteiger partial charge is 0.352 e. The van der Waals surface area contributed by atoms with Crippen molar-refractivity contribution in [1.82, 2.24) is 10.2 Å². The third kappa shape index (κ3) is 7.10. The van der Waals surface area contributed by atoms with E-state index in [2.05, 4.69) is 5.32 Å². The van der Waals surface area contributed by atoms with Crippen molar-refractivity contribution in [2.24, 2.45) is 0 Å². The Balaban J connectivity index is 1.68. The SMILES string of the molecule is CCc1ccc(N(CC(=O)N(Cc2cccc(C)c2)[C@H](C)C(=O)NC2CCCC2)S(=O)(=O)c2ccccc2)cc1. The minimum atomic E-state index is -4.06. The van der Waals surface area contributed by atoms with Gasteiger partial charge in [-0.25, -0.2) is 8.42 Å². The standard InChI is InChI=1S/C32H39N3O4S/c1-4-26-17-19-29(20-18-26)35(40(38,39)30-15-6-5-7-16-30)23-31(36)34(22-27-12-10-11-24(2)21-27)25(3)32(37)33-28-13-8-9-14-28/h5-7,10-12,15-21,25,28H,4,8-9,13-14,22-23H2,1-3H3,(H,33,37)/t25-/m1/s1. The molecule has 1 aliphatic rings. The van der Waals surface area contributed by atoms with E-state index in [4.69, 9.17) is 0 Å². The highest BCUT2D eigenvalue weighted by Gasteiger charge is 2.33. The highest BCUT2D eigenvalue weighted by atomic mass is 32.2. The first-order valence-corrected chi connectivity index (χ1v) is 15.4. The molecular formula is C32H39N3O4S. The molecule has 0 heterocycles. The van der Waals surface area contributed by atoms with Crippen molar-refractivity contribution in [2.75, 3.05) is 10.8 Å². The second-order valence-corrected chi connectivity index (χ2v) is 12.4. The van der Waals surface area contributed by atoms with E-state index in [-0.39, 0.29) is 23.4 Å². The van der Waals surface area contributed by atoms with E-state index < -0.39 is 28.5 Å². The number of hydrogen-bond donors (Lipinski definition) is 1. The van der Waals surface area contributed by atoms with E-state index in [1.165, 1.54) is 17.0 Å².